The van der Waals surface area contributed by atoms with E-state index in [4.69, 9.17) is 9.88 Å². The molecule has 19 heavy (non-hydrogen) atoms. The Balaban J connectivity index is 2.17. The fourth-order valence-corrected chi connectivity index (χ4v) is 3.37. The molecular formula is C12H19FN4OS. The normalized spacial score (nSPS) is 25.6. The molecule has 0 saturated carbocycles. The Morgan fingerprint density at radius 1 is 1.47 bits per heavy atom. The molecule has 1 aliphatic heterocycles. The monoisotopic (exact) mass is 286 g/mol. The van der Waals surface area contributed by atoms with E-state index in [0.29, 0.717) is 17.7 Å². The van der Waals surface area contributed by atoms with Crippen molar-refractivity contribution in [2.45, 2.75) is 24.7 Å². The van der Waals surface area contributed by atoms with Gasteiger partial charge in [-0.3, -0.25) is 5.14 Å². The van der Waals surface area contributed by atoms with E-state index in [9.17, 15) is 4.39 Å². The number of halogens is 1. The molecule has 0 amide bonds. The second-order valence-corrected chi connectivity index (χ2v) is 6.42. The van der Waals surface area contributed by atoms with Gasteiger partial charge in [-0.05, 0) is 13.3 Å². The fourth-order valence-electron chi connectivity index (χ4n) is 2.20. The van der Waals surface area contributed by atoms with Crippen LogP contribution in [0.3, 0.4) is 0 Å². The van der Waals surface area contributed by atoms with Crippen LogP contribution >= 0.6 is 10.7 Å². The van der Waals surface area contributed by atoms with Gasteiger partial charge in [-0.2, -0.15) is 0 Å². The van der Waals surface area contributed by atoms with Gasteiger partial charge in [0.2, 0.25) is 5.95 Å². The molecule has 2 N–H and O–H groups in total. The van der Waals surface area contributed by atoms with Crippen LogP contribution in [0.2, 0.25) is 0 Å². The molecule has 1 aliphatic rings. The lowest BCUT2D eigenvalue weighted by molar-refractivity contribution is 0.0906. The van der Waals surface area contributed by atoms with Crippen molar-refractivity contribution in [3.05, 3.63) is 18.2 Å². The quantitative estimate of drug-likeness (QED) is 0.845. The van der Waals surface area contributed by atoms with Gasteiger partial charge in [0.15, 0.2) is 5.82 Å². The molecule has 0 bridgehead atoms. The summed E-state index contributed by atoms with van der Waals surface area (Å²) in [5, 5.41) is 8.46. The minimum atomic E-state index is -0.430. The average Bonchev–Trinajstić information content (AvgIpc) is 2.46. The molecule has 0 aliphatic carbocycles. The highest BCUT2D eigenvalue weighted by Crippen LogP contribution is 2.26. The third kappa shape index (κ3) is 3.49. The van der Waals surface area contributed by atoms with Crippen molar-refractivity contribution in [1.82, 2.24) is 9.97 Å². The fraction of sp³-hybridized carbons (Fsp3) is 0.583. The zero-order chi connectivity index (χ0) is 13.8. The number of nitrogens with two attached hydrogens (primary N) is 1. The van der Waals surface area contributed by atoms with Gasteiger partial charge in [0.25, 0.3) is 0 Å². The molecule has 0 radical (unpaired) electrons. The van der Waals surface area contributed by atoms with Gasteiger partial charge in [-0.15, -0.1) is 10.7 Å². The van der Waals surface area contributed by atoms with Crippen molar-refractivity contribution in [2.24, 2.45) is 5.14 Å². The zero-order valence-corrected chi connectivity index (χ0v) is 11.9. The Labute approximate surface area is 115 Å². The number of hydrogen-bond acceptors (Lipinski definition) is 5. The highest BCUT2D eigenvalue weighted by Gasteiger charge is 2.29. The molecule has 1 fully saturated rings. The Kier molecular flexibility index (Phi) is 4.84. The highest BCUT2D eigenvalue weighted by atomic mass is 32.2. The predicted molar refractivity (Wildman–Crippen MR) is 76.9 cm³/mol. The SMILES string of the molecule is C/C=S(\N)[C@H]1C[C@@H](OC)CN(c2ncc(F)cn2)C1. The lowest BCUT2D eigenvalue weighted by Gasteiger charge is -2.37. The maximum absolute atomic E-state index is 12.9. The Bertz CT molecular complexity index is 454. The molecule has 1 aromatic rings. The topological polar surface area (TPSA) is 64.3 Å². The van der Waals surface area contributed by atoms with E-state index in [0.717, 1.165) is 13.0 Å². The van der Waals surface area contributed by atoms with E-state index in [1.165, 1.54) is 12.4 Å². The van der Waals surface area contributed by atoms with Crippen LogP contribution in [0.1, 0.15) is 13.3 Å². The van der Waals surface area contributed by atoms with Crippen molar-refractivity contribution in [3.63, 3.8) is 0 Å². The summed E-state index contributed by atoms with van der Waals surface area (Å²) >= 11 is 0. The maximum atomic E-state index is 12.9. The minimum absolute atomic E-state index is 0.103. The first-order valence-electron chi connectivity index (χ1n) is 6.15. The van der Waals surface area contributed by atoms with Crippen molar-refractivity contribution < 1.29 is 9.13 Å². The summed E-state index contributed by atoms with van der Waals surface area (Å²) in [6.07, 6.45) is 3.40. The third-order valence-corrected chi connectivity index (χ3v) is 4.91. The van der Waals surface area contributed by atoms with E-state index in [1.807, 2.05) is 17.2 Å². The van der Waals surface area contributed by atoms with E-state index < -0.39 is 5.82 Å². The van der Waals surface area contributed by atoms with Gasteiger partial charge in [0.1, 0.15) is 0 Å². The first-order chi connectivity index (χ1) is 9.13. The molecule has 106 valence electrons. The third-order valence-electron chi connectivity index (χ3n) is 3.25. The molecule has 1 unspecified atom stereocenters. The molecule has 0 spiro atoms. The van der Waals surface area contributed by atoms with Crippen LogP contribution < -0.4 is 10.0 Å². The van der Waals surface area contributed by atoms with E-state index in [-0.39, 0.29) is 16.8 Å². The van der Waals surface area contributed by atoms with Crippen molar-refractivity contribution in [3.8, 4) is 0 Å². The van der Waals surface area contributed by atoms with Gasteiger partial charge in [0, 0.05) is 25.4 Å². The number of methoxy groups -OCH3 is 1. The zero-order valence-electron chi connectivity index (χ0n) is 11.1. The average molecular weight is 286 g/mol. The van der Waals surface area contributed by atoms with Crippen LogP contribution in [0.25, 0.3) is 0 Å². The van der Waals surface area contributed by atoms with Crippen LogP contribution in [0.15, 0.2) is 12.4 Å². The van der Waals surface area contributed by atoms with Crippen molar-refractivity contribution in [2.75, 3.05) is 25.1 Å². The number of rotatable bonds is 3. The Hall–Kier alpha value is -1.05. The maximum Gasteiger partial charge on any atom is 0.225 e. The largest absolute Gasteiger partial charge is 0.380 e. The highest BCUT2D eigenvalue weighted by molar-refractivity contribution is 8.13. The summed E-state index contributed by atoms with van der Waals surface area (Å²) in [5.74, 6) is 0.0994. The summed E-state index contributed by atoms with van der Waals surface area (Å²) in [6, 6.07) is 0. The molecule has 5 nitrogen and oxygen atoms in total. The van der Waals surface area contributed by atoms with Crippen LogP contribution in [-0.2, 0) is 4.74 Å². The summed E-state index contributed by atoms with van der Waals surface area (Å²) in [5.41, 5.74) is 0. The van der Waals surface area contributed by atoms with Gasteiger partial charge in [-0.25, -0.2) is 14.4 Å². The number of hydrogen-bond donors (Lipinski definition) is 1. The number of ether oxygens (including phenoxy) is 1. The second-order valence-electron chi connectivity index (χ2n) is 4.47. The van der Waals surface area contributed by atoms with E-state index in [2.05, 4.69) is 9.97 Å². The summed E-state index contributed by atoms with van der Waals surface area (Å²) in [7, 11) is 1.43. The van der Waals surface area contributed by atoms with Gasteiger partial charge < -0.3 is 9.64 Å². The number of piperidine rings is 1. The Morgan fingerprint density at radius 3 is 2.74 bits per heavy atom. The summed E-state index contributed by atoms with van der Waals surface area (Å²) in [4.78, 5) is 10.1. The van der Waals surface area contributed by atoms with E-state index in [1.54, 1.807) is 7.11 Å². The first kappa shape index (κ1) is 14.4. The van der Waals surface area contributed by atoms with Crippen LogP contribution in [0.5, 0.6) is 0 Å². The van der Waals surface area contributed by atoms with Gasteiger partial charge in [-0.1, -0.05) is 5.37 Å². The Morgan fingerprint density at radius 2 is 2.16 bits per heavy atom. The number of anilines is 1. The molecule has 2 heterocycles. The molecule has 7 heteroatoms. The molecule has 0 aromatic carbocycles. The smallest absolute Gasteiger partial charge is 0.225 e. The lowest BCUT2D eigenvalue weighted by atomic mass is 10.1. The molecule has 1 aromatic heterocycles. The predicted octanol–water partition coefficient (Wildman–Crippen LogP) is 1.17. The van der Waals surface area contributed by atoms with E-state index >= 15 is 0 Å². The van der Waals surface area contributed by atoms with Crippen LogP contribution in [-0.4, -0.2) is 46.9 Å². The summed E-state index contributed by atoms with van der Waals surface area (Å²) < 4.78 is 18.3. The second kappa shape index (κ2) is 6.40. The lowest BCUT2D eigenvalue weighted by Crippen LogP contribution is -2.47. The van der Waals surface area contributed by atoms with Crippen molar-refractivity contribution >= 4 is 22.0 Å². The minimum Gasteiger partial charge on any atom is -0.380 e. The molecule has 3 atom stereocenters. The molecule has 1 saturated heterocycles. The first-order valence-corrected chi connectivity index (χ1v) is 7.56. The molecular weight excluding hydrogens is 267 g/mol. The summed E-state index contributed by atoms with van der Waals surface area (Å²) in [6.45, 7) is 3.45. The number of nitrogens with zero attached hydrogens (tertiary/aromatic N) is 3. The van der Waals surface area contributed by atoms with Gasteiger partial charge in [0.05, 0.1) is 18.5 Å². The van der Waals surface area contributed by atoms with Crippen LogP contribution in [0, 0.1) is 5.82 Å². The van der Waals surface area contributed by atoms with Crippen molar-refractivity contribution in [1.29, 1.82) is 0 Å². The van der Waals surface area contributed by atoms with Crippen LogP contribution in [0.4, 0.5) is 10.3 Å². The van der Waals surface area contributed by atoms with Gasteiger partial charge >= 0.3 is 0 Å². The standard InChI is InChI=1S/C12H19FN4OS/c1-3-19(14)11-4-10(18-2)7-17(8-11)12-15-5-9(13)6-16-12/h3,5-6,10-11H,4,7-8,14H2,1-2H3/t10-,11+,19?/m1/s1. The molecule has 2 rings (SSSR count). The number of aromatic nitrogens is 2.